The number of anilines is 2. The molecule has 17 heavy (non-hydrogen) atoms. The molecular weight excluding hydrogens is 212 g/mol. The SMILES string of the molecule is CC(C)Nc1cc(C2CC2)nc(NC(C)C)n1. The van der Waals surface area contributed by atoms with Gasteiger partial charge in [-0.05, 0) is 40.5 Å². The summed E-state index contributed by atoms with van der Waals surface area (Å²) in [5, 5.41) is 6.63. The lowest BCUT2D eigenvalue weighted by atomic mass is 10.2. The molecule has 4 heteroatoms. The molecule has 0 bridgehead atoms. The predicted octanol–water partition coefficient (Wildman–Crippen LogP) is 2.99. The van der Waals surface area contributed by atoms with E-state index in [4.69, 9.17) is 0 Å². The molecule has 0 spiro atoms. The van der Waals surface area contributed by atoms with Gasteiger partial charge in [0.1, 0.15) is 5.82 Å². The third-order valence-corrected chi connectivity index (χ3v) is 2.60. The van der Waals surface area contributed by atoms with Gasteiger partial charge in [-0.15, -0.1) is 0 Å². The zero-order valence-electron chi connectivity index (χ0n) is 11.1. The van der Waals surface area contributed by atoms with E-state index < -0.39 is 0 Å². The Morgan fingerprint density at radius 3 is 2.24 bits per heavy atom. The zero-order chi connectivity index (χ0) is 12.4. The summed E-state index contributed by atoms with van der Waals surface area (Å²) >= 11 is 0. The van der Waals surface area contributed by atoms with Crippen molar-refractivity contribution >= 4 is 11.8 Å². The first-order valence-electron chi connectivity index (χ1n) is 6.46. The van der Waals surface area contributed by atoms with Crippen LogP contribution in [0.25, 0.3) is 0 Å². The lowest BCUT2D eigenvalue weighted by molar-refractivity contribution is 0.850. The first kappa shape index (κ1) is 12.1. The van der Waals surface area contributed by atoms with Gasteiger partial charge in [0, 0.05) is 24.1 Å². The average Bonchev–Trinajstić information content (AvgIpc) is 2.97. The van der Waals surface area contributed by atoms with E-state index in [1.165, 1.54) is 18.5 Å². The summed E-state index contributed by atoms with van der Waals surface area (Å²) in [6.07, 6.45) is 2.53. The first-order chi connectivity index (χ1) is 8.04. The molecule has 0 unspecified atom stereocenters. The van der Waals surface area contributed by atoms with E-state index in [1.807, 2.05) is 0 Å². The summed E-state index contributed by atoms with van der Waals surface area (Å²) in [7, 11) is 0. The summed E-state index contributed by atoms with van der Waals surface area (Å²) < 4.78 is 0. The Morgan fingerprint density at radius 1 is 1.06 bits per heavy atom. The van der Waals surface area contributed by atoms with Gasteiger partial charge in [0.05, 0.1) is 5.69 Å². The summed E-state index contributed by atoms with van der Waals surface area (Å²) in [5.41, 5.74) is 1.17. The molecule has 1 heterocycles. The van der Waals surface area contributed by atoms with E-state index in [0.717, 1.165) is 11.8 Å². The number of nitrogens with zero attached hydrogens (tertiary/aromatic N) is 2. The van der Waals surface area contributed by atoms with Gasteiger partial charge in [0.15, 0.2) is 0 Å². The fraction of sp³-hybridized carbons (Fsp3) is 0.692. The molecule has 4 nitrogen and oxygen atoms in total. The van der Waals surface area contributed by atoms with E-state index in [9.17, 15) is 0 Å². The quantitative estimate of drug-likeness (QED) is 0.822. The van der Waals surface area contributed by atoms with Crippen LogP contribution in [0.15, 0.2) is 6.07 Å². The average molecular weight is 234 g/mol. The van der Waals surface area contributed by atoms with Gasteiger partial charge < -0.3 is 10.6 Å². The van der Waals surface area contributed by atoms with Crippen LogP contribution in [-0.2, 0) is 0 Å². The van der Waals surface area contributed by atoms with Crippen molar-refractivity contribution in [1.29, 1.82) is 0 Å². The van der Waals surface area contributed by atoms with Gasteiger partial charge in [-0.25, -0.2) is 4.98 Å². The van der Waals surface area contributed by atoms with Crippen LogP contribution in [0.5, 0.6) is 0 Å². The van der Waals surface area contributed by atoms with E-state index in [1.54, 1.807) is 0 Å². The molecule has 1 saturated carbocycles. The Morgan fingerprint density at radius 2 is 1.71 bits per heavy atom. The summed E-state index contributed by atoms with van der Waals surface area (Å²) in [6.45, 7) is 8.44. The normalized spacial score (nSPS) is 15.4. The van der Waals surface area contributed by atoms with E-state index in [0.29, 0.717) is 18.0 Å². The highest BCUT2D eigenvalue weighted by molar-refractivity contribution is 5.44. The maximum atomic E-state index is 4.58. The number of nitrogens with one attached hydrogen (secondary N) is 2. The number of hydrogen-bond donors (Lipinski definition) is 2. The maximum absolute atomic E-state index is 4.58. The van der Waals surface area contributed by atoms with Crippen LogP contribution in [0, 0.1) is 0 Å². The minimum Gasteiger partial charge on any atom is -0.368 e. The highest BCUT2D eigenvalue weighted by atomic mass is 15.2. The lowest BCUT2D eigenvalue weighted by Gasteiger charge is -2.14. The highest BCUT2D eigenvalue weighted by Crippen LogP contribution is 2.39. The van der Waals surface area contributed by atoms with Crippen molar-refractivity contribution in [2.45, 2.75) is 58.5 Å². The molecule has 1 aliphatic carbocycles. The van der Waals surface area contributed by atoms with Crippen molar-refractivity contribution in [2.24, 2.45) is 0 Å². The van der Waals surface area contributed by atoms with E-state index in [-0.39, 0.29) is 0 Å². The molecule has 0 radical (unpaired) electrons. The van der Waals surface area contributed by atoms with Crippen LogP contribution in [0.2, 0.25) is 0 Å². The maximum Gasteiger partial charge on any atom is 0.225 e. The van der Waals surface area contributed by atoms with Crippen molar-refractivity contribution in [2.75, 3.05) is 10.6 Å². The van der Waals surface area contributed by atoms with Crippen LogP contribution in [0.1, 0.15) is 52.1 Å². The number of aromatic nitrogens is 2. The highest BCUT2D eigenvalue weighted by Gasteiger charge is 2.26. The van der Waals surface area contributed by atoms with Gasteiger partial charge in [-0.1, -0.05) is 0 Å². The van der Waals surface area contributed by atoms with Crippen LogP contribution in [0.4, 0.5) is 11.8 Å². The minimum absolute atomic E-state index is 0.358. The molecule has 0 aliphatic heterocycles. The summed E-state index contributed by atoms with van der Waals surface area (Å²) in [5.74, 6) is 2.33. The summed E-state index contributed by atoms with van der Waals surface area (Å²) in [4.78, 5) is 9.07. The summed E-state index contributed by atoms with van der Waals surface area (Å²) in [6, 6.07) is 2.84. The Hall–Kier alpha value is -1.32. The fourth-order valence-corrected chi connectivity index (χ4v) is 1.75. The minimum atomic E-state index is 0.358. The predicted molar refractivity (Wildman–Crippen MR) is 71.5 cm³/mol. The van der Waals surface area contributed by atoms with Crippen LogP contribution in [-0.4, -0.2) is 22.1 Å². The van der Waals surface area contributed by atoms with Gasteiger partial charge in [-0.3, -0.25) is 0 Å². The molecule has 1 aromatic rings. The third kappa shape index (κ3) is 3.58. The largest absolute Gasteiger partial charge is 0.368 e. The van der Waals surface area contributed by atoms with Gasteiger partial charge in [-0.2, -0.15) is 4.98 Å². The van der Waals surface area contributed by atoms with Gasteiger partial charge in [0.2, 0.25) is 5.95 Å². The van der Waals surface area contributed by atoms with Crippen LogP contribution >= 0.6 is 0 Å². The van der Waals surface area contributed by atoms with Crippen molar-refractivity contribution < 1.29 is 0 Å². The molecule has 0 amide bonds. The molecule has 1 aromatic heterocycles. The fourth-order valence-electron chi connectivity index (χ4n) is 1.75. The van der Waals surface area contributed by atoms with Crippen molar-refractivity contribution in [3.63, 3.8) is 0 Å². The molecule has 1 aliphatic rings. The molecule has 0 atom stereocenters. The Labute approximate surface area is 103 Å². The van der Waals surface area contributed by atoms with E-state index in [2.05, 4.69) is 54.4 Å². The van der Waals surface area contributed by atoms with Gasteiger partial charge in [0.25, 0.3) is 0 Å². The second kappa shape index (κ2) is 4.90. The number of hydrogen-bond acceptors (Lipinski definition) is 4. The molecule has 0 saturated heterocycles. The van der Waals surface area contributed by atoms with Crippen LogP contribution < -0.4 is 10.6 Å². The third-order valence-electron chi connectivity index (χ3n) is 2.60. The topological polar surface area (TPSA) is 49.8 Å². The van der Waals surface area contributed by atoms with Crippen molar-refractivity contribution in [3.05, 3.63) is 11.8 Å². The monoisotopic (exact) mass is 234 g/mol. The Balaban J connectivity index is 2.21. The molecule has 94 valence electrons. The molecule has 0 aromatic carbocycles. The zero-order valence-corrected chi connectivity index (χ0v) is 11.1. The Kier molecular flexibility index (Phi) is 3.50. The molecular formula is C13H22N4. The first-order valence-corrected chi connectivity index (χ1v) is 6.46. The molecule has 2 N–H and O–H groups in total. The second-order valence-corrected chi connectivity index (χ2v) is 5.37. The Bertz CT molecular complexity index is 355. The van der Waals surface area contributed by atoms with E-state index >= 15 is 0 Å². The molecule has 1 fully saturated rings. The smallest absolute Gasteiger partial charge is 0.225 e. The van der Waals surface area contributed by atoms with Gasteiger partial charge >= 0.3 is 0 Å². The number of rotatable bonds is 5. The lowest BCUT2D eigenvalue weighted by Crippen LogP contribution is -2.16. The van der Waals surface area contributed by atoms with Crippen molar-refractivity contribution in [3.8, 4) is 0 Å². The molecule has 2 rings (SSSR count). The second-order valence-electron chi connectivity index (χ2n) is 5.37. The standard InChI is InChI=1S/C13H22N4/c1-8(2)14-12-7-11(10-5-6-10)16-13(17-12)15-9(3)4/h7-10H,5-6H2,1-4H3,(H2,14,15,16,17). The van der Waals surface area contributed by atoms with Crippen LogP contribution in [0.3, 0.4) is 0 Å². The van der Waals surface area contributed by atoms with Crippen molar-refractivity contribution in [1.82, 2.24) is 9.97 Å².